The lowest BCUT2D eigenvalue weighted by Gasteiger charge is -2.38. The molecule has 18 heavy (non-hydrogen) atoms. The van der Waals surface area contributed by atoms with E-state index in [2.05, 4.69) is 28.1 Å². The van der Waals surface area contributed by atoms with Gasteiger partial charge in [0.25, 0.3) is 0 Å². The monoisotopic (exact) mass is 245 g/mol. The summed E-state index contributed by atoms with van der Waals surface area (Å²) in [4.78, 5) is 2.49. The van der Waals surface area contributed by atoms with Gasteiger partial charge in [0.05, 0.1) is 12.5 Å². The third-order valence-corrected chi connectivity index (χ3v) is 4.10. The highest BCUT2D eigenvalue weighted by atomic mass is 16.3. The van der Waals surface area contributed by atoms with Crippen LogP contribution in [-0.4, -0.2) is 28.2 Å². The second kappa shape index (κ2) is 4.61. The lowest BCUT2D eigenvalue weighted by atomic mass is 9.77. The number of aromatic amines is 1. The van der Waals surface area contributed by atoms with E-state index in [9.17, 15) is 0 Å². The van der Waals surface area contributed by atoms with Crippen LogP contribution < -0.4 is 0 Å². The molecule has 4 heteroatoms. The van der Waals surface area contributed by atoms with Gasteiger partial charge in [0, 0.05) is 29.4 Å². The summed E-state index contributed by atoms with van der Waals surface area (Å²) in [7, 11) is 0. The fourth-order valence-corrected chi connectivity index (χ4v) is 2.71. The Kier molecular flexibility index (Phi) is 2.96. The predicted octanol–water partition coefficient (Wildman–Crippen LogP) is 2.56. The molecule has 0 bridgehead atoms. The minimum Gasteiger partial charge on any atom is -0.472 e. The van der Waals surface area contributed by atoms with Gasteiger partial charge in [-0.1, -0.05) is 6.92 Å². The van der Waals surface area contributed by atoms with Gasteiger partial charge in [0.1, 0.15) is 0 Å². The Hall–Kier alpha value is -1.55. The van der Waals surface area contributed by atoms with Crippen LogP contribution in [0.3, 0.4) is 0 Å². The Morgan fingerprint density at radius 2 is 2.22 bits per heavy atom. The van der Waals surface area contributed by atoms with Gasteiger partial charge < -0.3 is 4.42 Å². The number of aromatic nitrogens is 2. The molecule has 96 valence electrons. The fourth-order valence-electron chi connectivity index (χ4n) is 2.71. The van der Waals surface area contributed by atoms with Gasteiger partial charge in [0.2, 0.25) is 0 Å². The molecular weight excluding hydrogens is 226 g/mol. The maximum Gasteiger partial charge on any atom is 0.0947 e. The second-order valence-electron chi connectivity index (χ2n) is 5.44. The standard InChI is InChI=1S/C14H19N3O/c1-14(13-2-6-15-16-13)4-7-17(8-5-14)10-12-3-9-18-11-12/h2-3,6,9,11H,4-5,7-8,10H2,1H3,(H,15,16). The van der Waals surface area contributed by atoms with Crippen LogP contribution in [0.1, 0.15) is 31.0 Å². The maximum atomic E-state index is 5.12. The first-order chi connectivity index (χ1) is 8.76. The molecule has 1 aliphatic heterocycles. The first kappa shape index (κ1) is 11.5. The lowest BCUT2D eigenvalue weighted by molar-refractivity contribution is 0.159. The van der Waals surface area contributed by atoms with E-state index in [1.165, 1.54) is 24.1 Å². The van der Waals surface area contributed by atoms with Crippen LogP contribution in [-0.2, 0) is 12.0 Å². The number of nitrogens with one attached hydrogen (secondary N) is 1. The van der Waals surface area contributed by atoms with Crippen LogP contribution in [0.2, 0.25) is 0 Å². The molecule has 0 saturated carbocycles. The summed E-state index contributed by atoms with van der Waals surface area (Å²) in [6, 6.07) is 4.15. The van der Waals surface area contributed by atoms with Gasteiger partial charge in [-0.15, -0.1) is 0 Å². The van der Waals surface area contributed by atoms with Crippen molar-refractivity contribution in [3.05, 3.63) is 42.1 Å². The molecule has 1 fully saturated rings. The third-order valence-electron chi connectivity index (χ3n) is 4.10. The molecule has 1 saturated heterocycles. The van der Waals surface area contributed by atoms with Crippen LogP contribution in [0, 0.1) is 0 Å². The molecule has 0 aliphatic carbocycles. The Labute approximate surface area is 107 Å². The molecule has 4 nitrogen and oxygen atoms in total. The summed E-state index contributed by atoms with van der Waals surface area (Å²) in [5.41, 5.74) is 2.79. The van der Waals surface area contributed by atoms with Crippen molar-refractivity contribution < 1.29 is 4.42 Å². The van der Waals surface area contributed by atoms with E-state index in [0.29, 0.717) is 0 Å². The molecular formula is C14H19N3O. The van der Waals surface area contributed by atoms with Crippen molar-refractivity contribution in [2.24, 2.45) is 0 Å². The van der Waals surface area contributed by atoms with Gasteiger partial charge in [-0.3, -0.25) is 10.00 Å². The number of piperidine rings is 1. The van der Waals surface area contributed by atoms with Crippen molar-refractivity contribution in [3.63, 3.8) is 0 Å². The highest BCUT2D eigenvalue weighted by Crippen LogP contribution is 2.33. The summed E-state index contributed by atoms with van der Waals surface area (Å²) < 4.78 is 5.12. The number of nitrogens with zero attached hydrogens (tertiary/aromatic N) is 2. The van der Waals surface area contributed by atoms with Crippen molar-refractivity contribution >= 4 is 0 Å². The summed E-state index contributed by atoms with van der Waals surface area (Å²) in [5, 5.41) is 7.20. The predicted molar refractivity (Wildman–Crippen MR) is 69.2 cm³/mol. The molecule has 0 radical (unpaired) electrons. The smallest absolute Gasteiger partial charge is 0.0947 e. The fraction of sp³-hybridized carbons (Fsp3) is 0.500. The summed E-state index contributed by atoms with van der Waals surface area (Å²) >= 11 is 0. The Morgan fingerprint density at radius 3 is 2.83 bits per heavy atom. The lowest BCUT2D eigenvalue weighted by Crippen LogP contribution is -2.40. The molecule has 1 aliphatic rings. The molecule has 2 aromatic heterocycles. The van der Waals surface area contributed by atoms with Gasteiger partial charge in [-0.25, -0.2) is 0 Å². The van der Waals surface area contributed by atoms with E-state index >= 15 is 0 Å². The number of H-pyrrole nitrogens is 1. The highest BCUT2D eigenvalue weighted by Gasteiger charge is 2.32. The molecule has 3 rings (SSSR count). The molecule has 0 spiro atoms. The Balaban J connectivity index is 1.61. The van der Waals surface area contributed by atoms with E-state index in [-0.39, 0.29) is 5.41 Å². The van der Waals surface area contributed by atoms with Crippen molar-refractivity contribution in [2.45, 2.75) is 31.7 Å². The zero-order valence-electron chi connectivity index (χ0n) is 10.7. The van der Waals surface area contributed by atoms with E-state index in [4.69, 9.17) is 4.42 Å². The third kappa shape index (κ3) is 2.20. The van der Waals surface area contributed by atoms with E-state index in [1.807, 2.05) is 18.5 Å². The summed E-state index contributed by atoms with van der Waals surface area (Å²) in [6.07, 6.45) is 7.77. The van der Waals surface area contributed by atoms with Crippen LogP contribution in [0.5, 0.6) is 0 Å². The Morgan fingerprint density at radius 1 is 1.39 bits per heavy atom. The van der Waals surface area contributed by atoms with Crippen LogP contribution in [0.4, 0.5) is 0 Å². The van der Waals surface area contributed by atoms with Gasteiger partial charge >= 0.3 is 0 Å². The quantitative estimate of drug-likeness (QED) is 0.904. The molecule has 0 amide bonds. The normalized spacial score (nSPS) is 20.1. The molecule has 0 aromatic carbocycles. The summed E-state index contributed by atoms with van der Waals surface area (Å²) in [5.74, 6) is 0. The van der Waals surface area contributed by atoms with Gasteiger partial charge in [-0.2, -0.15) is 5.10 Å². The zero-order chi connectivity index (χ0) is 12.4. The first-order valence-corrected chi connectivity index (χ1v) is 6.50. The molecule has 0 atom stereocenters. The topological polar surface area (TPSA) is 45.1 Å². The molecule has 0 unspecified atom stereocenters. The number of hydrogen-bond donors (Lipinski definition) is 1. The van der Waals surface area contributed by atoms with E-state index in [0.717, 1.165) is 19.6 Å². The molecule has 3 heterocycles. The summed E-state index contributed by atoms with van der Waals surface area (Å²) in [6.45, 7) is 5.58. The number of likely N-dealkylation sites (tertiary alicyclic amines) is 1. The van der Waals surface area contributed by atoms with Crippen LogP contribution >= 0.6 is 0 Å². The van der Waals surface area contributed by atoms with Crippen molar-refractivity contribution in [1.82, 2.24) is 15.1 Å². The number of furan rings is 1. The van der Waals surface area contributed by atoms with Crippen LogP contribution in [0.15, 0.2) is 35.3 Å². The Bertz CT molecular complexity index is 467. The van der Waals surface area contributed by atoms with E-state index in [1.54, 1.807) is 6.26 Å². The first-order valence-electron chi connectivity index (χ1n) is 6.50. The van der Waals surface area contributed by atoms with Crippen molar-refractivity contribution in [3.8, 4) is 0 Å². The van der Waals surface area contributed by atoms with Gasteiger partial charge in [-0.05, 0) is 38.1 Å². The number of hydrogen-bond acceptors (Lipinski definition) is 3. The second-order valence-corrected chi connectivity index (χ2v) is 5.44. The molecule has 1 N–H and O–H groups in total. The zero-order valence-corrected chi connectivity index (χ0v) is 10.7. The highest BCUT2D eigenvalue weighted by molar-refractivity contribution is 5.15. The average Bonchev–Trinajstić information content (AvgIpc) is 3.04. The minimum absolute atomic E-state index is 0.253. The van der Waals surface area contributed by atoms with Crippen molar-refractivity contribution in [1.29, 1.82) is 0 Å². The van der Waals surface area contributed by atoms with Crippen LogP contribution in [0.25, 0.3) is 0 Å². The SMILES string of the molecule is CC1(c2ccn[nH]2)CCN(Cc2ccoc2)CC1. The van der Waals surface area contributed by atoms with Crippen molar-refractivity contribution in [2.75, 3.05) is 13.1 Å². The number of rotatable bonds is 3. The van der Waals surface area contributed by atoms with Gasteiger partial charge in [0.15, 0.2) is 0 Å². The molecule has 2 aromatic rings. The minimum atomic E-state index is 0.253. The van der Waals surface area contributed by atoms with E-state index < -0.39 is 0 Å². The average molecular weight is 245 g/mol. The largest absolute Gasteiger partial charge is 0.472 e. The maximum absolute atomic E-state index is 5.12.